The molecule has 0 bridgehead atoms. The molecule has 0 saturated heterocycles. The number of ether oxygens (including phenoxy) is 1. The van der Waals surface area contributed by atoms with Gasteiger partial charge >= 0.3 is 5.97 Å². The summed E-state index contributed by atoms with van der Waals surface area (Å²) >= 11 is 11.1. The SMILES string of the molecule is CCCC(Cl)(Cl)OC(C)=O. The van der Waals surface area contributed by atoms with Gasteiger partial charge in [0.15, 0.2) is 0 Å². The van der Waals surface area contributed by atoms with Crippen LogP contribution in [-0.2, 0) is 9.53 Å². The molecule has 0 aromatic heterocycles. The summed E-state index contributed by atoms with van der Waals surface area (Å²) in [5.74, 6) is -0.460. The van der Waals surface area contributed by atoms with Gasteiger partial charge in [0.2, 0.25) is 0 Å². The van der Waals surface area contributed by atoms with Crippen LogP contribution >= 0.6 is 23.2 Å². The maximum absolute atomic E-state index is 10.3. The zero-order valence-corrected chi connectivity index (χ0v) is 7.50. The van der Waals surface area contributed by atoms with Crippen LogP contribution in [0.25, 0.3) is 0 Å². The summed E-state index contributed by atoms with van der Waals surface area (Å²) in [6, 6.07) is 0. The first-order valence-electron chi connectivity index (χ1n) is 3.05. The van der Waals surface area contributed by atoms with Gasteiger partial charge in [-0.05, 0) is 6.42 Å². The lowest BCUT2D eigenvalue weighted by Crippen LogP contribution is -2.20. The molecule has 0 unspecified atom stereocenters. The van der Waals surface area contributed by atoms with E-state index in [0.717, 1.165) is 6.42 Å². The highest BCUT2D eigenvalue weighted by Gasteiger charge is 2.25. The minimum Gasteiger partial charge on any atom is -0.429 e. The van der Waals surface area contributed by atoms with Gasteiger partial charge in [0.1, 0.15) is 0 Å². The normalized spacial score (nSPS) is 11.2. The molecule has 4 heteroatoms. The molecule has 10 heavy (non-hydrogen) atoms. The second kappa shape index (κ2) is 4.04. The highest BCUT2D eigenvalue weighted by molar-refractivity contribution is 6.47. The van der Waals surface area contributed by atoms with Crippen LogP contribution in [0.1, 0.15) is 26.7 Å². The molecule has 0 atom stereocenters. The zero-order valence-electron chi connectivity index (χ0n) is 5.99. The molecule has 0 rings (SSSR count). The molecule has 0 spiro atoms. The number of hydrogen-bond donors (Lipinski definition) is 0. The van der Waals surface area contributed by atoms with E-state index in [1.54, 1.807) is 0 Å². The first-order chi connectivity index (χ1) is 4.48. The number of alkyl halides is 2. The molecule has 2 nitrogen and oxygen atoms in total. The molecule has 0 fully saturated rings. The summed E-state index contributed by atoms with van der Waals surface area (Å²) in [5.41, 5.74) is 0. The van der Waals surface area contributed by atoms with Crippen LogP contribution in [0.3, 0.4) is 0 Å². The molecule has 0 aliphatic heterocycles. The van der Waals surface area contributed by atoms with E-state index in [1.165, 1.54) is 6.92 Å². The zero-order chi connectivity index (χ0) is 8.20. The fraction of sp³-hybridized carbons (Fsp3) is 0.833. The molecule has 0 aromatic carbocycles. The number of rotatable bonds is 3. The predicted molar refractivity (Wildman–Crippen MR) is 41.1 cm³/mol. The van der Waals surface area contributed by atoms with Gasteiger partial charge in [-0.2, -0.15) is 0 Å². The van der Waals surface area contributed by atoms with Gasteiger partial charge in [0.25, 0.3) is 4.52 Å². The second-order valence-electron chi connectivity index (χ2n) is 1.98. The van der Waals surface area contributed by atoms with Gasteiger partial charge in [-0.15, -0.1) is 0 Å². The standard InChI is InChI=1S/C6H10Cl2O2/c1-3-4-6(7,8)10-5(2)9/h3-4H2,1-2H3. The average Bonchev–Trinajstić information content (AvgIpc) is 1.59. The van der Waals surface area contributed by atoms with Gasteiger partial charge in [-0.25, -0.2) is 0 Å². The topological polar surface area (TPSA) is 26.3 Å². The van der Waals surface area contributed by atoms with E-state index in [0.29, 0.717) is 6.42 Å². The summed E-state index contributed by atoms with van der Waals surface area (Å²) in [4.78, 5) is 10.3. The van der Waals surface area contributed by atoms with Crippen molar-refractivity contribution in [1.82, 2.24) is 0 Å². The molecule has 0 heterocycles. The van der Waals surface area contributed by atoms with Crippen molar-refractivity contribution in [1.29, 1.82) is 0 Å². The molecule has 0 N–H and O–H groups in total. The quantitative estimate of drug-likeness (QED) is 0.498. The summed E-state index contributed by atoms with van der Waals surface area (Å²) in [7, 11) is 0. The Morgan fingerprint density at radius 2 is 2.10 bits per heavy atom. The molecular weight excluding hydrogens is 175 g/mol. The summed E-state index contributed by atoms with van der Waals surface area (Å²) in [6.07, 6.45) is 1.23. The van der Waals surface area contributed by atoms with Crippen molar-refractivity contribution < 1.29 is 9.53 Å². The number of halogens is 2. The number of carbonyl (C=O) groups excluding carboxylic acids is 1. The van der Waals surface area contributed by atoms with Crippen LogP contribution in [0.2, 0.25) is 0 Å². The first-order valence-corrected chi connectivity index (χ1v) is 3.81. The van der Waals surface area contributed by atoms with Gasteiger partial charge in [-0.1, -0.05) is 30.1 Å². The van der Waals surface area contributed by atoms with E-state index in [4.69, 9.17) is 23.2 Å². The lowest BCUT2D eigenvalue weighted by atomic mass is 10.3. The molecule has 0 aromatic rings. The Kier molecular flexibility index (Phi) is 4.06. The van der Waals surface area contributed by atoms with Crippen molar-refractivity contribution in [2.24, 2.45) is 0 Å². The lowest BCUT2D eigenvalue weighted by Gasteiger charge is -2.17. The molecule has 0 aliphatic carbocycles. The van der Waals surface area contributed by atoms with E-state index in [2.05, 4.69) is 4.74 Å². The monoisotopic (exact) mass is 184 g/mol. The molecule has 0 saturated carbocycles. The maximum atomic E-state index is 10.3. The highest BCUT2D eigenvalue weighted by Crippen LogP contribution is 2.27. The van der Waals surface area contributed by atoms with Crippen LogP contribution < -0.4 is 0 Å². The molecular formula is C6H10Cl2O2. The van der Waals surface area contributed by atoms with Crippen LogP contribution in [-0.4, -0.2) is 10.5 Å². The van der Waals surface area contributed by atoms with Crippen LogP contribution in [0.4, 0.5) is 0 Å². The highest BCUT2D eigenvalue weighted by atomic mass is 35.5. The Morgan fingerprint density at radius 1 is 1.60 bits per heavy atom. The minimum absolute atomic E-state index is 0.454. The third kappa shape index (κ3) is 4.89. The van der Waals surface area contributed by atoms with Gasteiger partial charge in [-0.3, -0.25) is 4.79 Å². The third-order valence-electron chi connectivity index (χ3n) is 0.834. The smallest absolute Gasteiger partial charge is 0.305 e. The molecule has 0 amide bonds. The summed E-state index contributed by atoms with van der Waals surface area (Å²) in [5, 5.41) is 0. The Hall–Kier alpha value is 0.0500. The summed E-state index contributed by atoms with van der Waals surface area (Å²) in [6.45, 7) is 3.18. The summed E-state index contributed by atoms with van der Waals surface area (Å²) < 4.78 is 3.24. The second-order valence-corrected chi connectivity index (χ2v) is 3.40. The van der Waals surface area contributed by atoms with E-state index in [1.807, 2.05) is 6.92 Å². The van der Waals surface area contributed by atoms with E-state index < -0.39 is 10.5 Å². The molecule has 0 aliphatic rings. The van der Waals surface area contributed by atoms with Crippen molar-refractivity contribution in [2.75, 3.05) is 0 Å². The average molecular weight is 185 g/mol. The number of hydrogen-bond acceptors (Lipinski definition) is 2. The van der Waals surface area contributed by atoms with Crippen LogP contribution in [0, 0.1) is 0 Å². The van der Waals surface area contributed by atoms with E-state index >= 15 is 0 Å². The van der Waals surface area contributed by atoms with Crippen molar-refractivity contribution in [2.45, 2.75) is 31.2 Å². The van der Waals surface area contributed by atoms with Crippen molar-refractivity contribution in [3.63, 3.8) is 0 Å². The maximum Gasteiger partial charge on any atom is 0.305 e. The number of esters is 1. The molecule has 60 valence electrons. The Bertz CT molecular complexity index is 123. The fourth-order valence-electron chi connectivity index (χ4n) is 0.552. The lowest BCUT2D eigenvalue weighted by molar-refractivity contribution is -0.145. The van der Waals surface area contributed by atoms with Crippen molar-refractivity contribution in [3.8, 4) is 0 Å². The van der Waals surface area contributed by atoms with Crippen molar-refractivity contribution in [3.05, 3.63) is 0 Å². The largest absolute Gasteiger partial charge is 0.429 e. The number of carbonyl (C=O) groups is 1. The Labute approximate surface area is 70.4 Å². The van der Waals surface area contributed by atoms with Gasteiger partial charge < -0.3 is 4.74 Å². The Balaban J connectivity index is 3.74. The molecule has 0 radical (unpaired) electrons. The predicted octanol–water partition coefficient (Wildman–Crippen LogP) is 2.48. The van der Waals surface area contributed by atoms with Crippen LogP contribution in [0.5, 0.6) is 0 Å². The fourth-order valence-corrected chi connectivity index (χ4v) is 1.15. The Morgan fingerprint density at radius 3 is 2.40 bits per heavy atom. The van der Waals surface area contributed by atoms with Crippen molar-refractivity contribution >= 4 is 29.2 Å². The van der Waals surface area contributed by atoms with Gasteiger partial charge in [0, 0.05) is 13.3 Å². The van der Waals surface area contributed by atoms with Crippen LogP contribution in [0.15, 0.2) is 0 Å². The third-order valence-corrected chi connectivity index (χ3v) is 1.37. The van der Waals surface area contributed by atoms with E-state index in [9.17, 15) is 4.79 Å². The van der Waals surface area contributed by atoms with E-state index in [-0.39, 0.29) is 0 Å². The first kappa shape index (κ1) is 10.0. The minimum atomic E-state index is -1.33. The van der Waals surface area contributed by atoms with Gasteiger partial charge in [0.05, 0.1) is 0 Å².